The van der Waals surface area contributed by atoms with Crippen molar-refractivity contribution < 1.29 is 18.6 Å². The number of aryl methyl sites for hydroxylation is 1. The molecule has 4 rings (SSSR count). The van der Waals surface area contributed by atoms with Crippen LogP contribution in [0.25, 0.3) is 9.75 Å². The van der Waals surface area contributed by atoms with Gasteiger partial charge in [-0.1, -0.05) is 6.07 Å². The Labute approximate surface area is 183 Å². The van der Waals surface area contributed by atoms with Gasteiger partial charge in [-0.05, 0) is 80.0 Å². The van der Waals surface area contributed by atoms with Crippen LogP contribution in [0.5, 0.6) is 0 Å². The van der Waals surface area contributed by atoms with Crippen molar-refractivity contribution in [1.82, 2.24) is 0 Å². The zero-order chi connectivity index (χ0) is 21.4. The van der Waals surface area contributed by atoms with Gasteiger partial charge in [-0.15, -0.1) is 22.7 Å². The normalized spacial score (nSPS) is 24.4. The van der Waals surface area contributed by atoms with E-state index >= 15 is 0 Å². The monoisotopic (exact) mass is 432 g/mol. The number of hydrogen-bond donors (Lipinski definition) is 0. The van der Waals surface area contributed by atoms with Gasteiger partial charge in [0.05, 0.1) is 22.4 Å². The molecule has 156 valence electrons. The summed E-state index contributed by atoms with van der Waals surface area (Å²) in [6.07, 6.45) is 0. The summed E-state index contributed by atoms with van der Waals surface area (Å²) in [5.41, 5.74) is -0.118. The molecule has 0 spiro atoms. The van der Waals surface area contributed by atoms with E-state index < -0.39 is 0 Å². The van der Waals surface area contributed by atoms with Gasteiger partial charge < -0.3 is 18.6 Å². The van der Waals surface area contributed by atoms with E-state index in [1.54, 1.807) is 22.7 Å². The summed E-state index contributed by atoms with van der Waals surface area (Å²) in [6, 6.07) is 6.50. The highest BCUT2D eigenvalue weighted by Crippen LogP contribution is 2.40. The topological polar surface area (TPSA) is 36.9 Å². The second-order valence-corrected chi connectivity index (χ2v) is 12.2. The Kier molecular flexibility index (Phi) is 4.98. The minimum Gasteiger partial charge on any atom is -0.399 e. The molecule has 2 aromatic heterocycles. The molecular weight excluding hydrogens is 402 g/mol. The quantitative estimate of drug-likeness (QED) is 0.675. The molecule has 0 aliphatic carbocycles. The Morgan fingerprint density at radius 2 is 1.14 bits per heavy atom. The molecule has 8 heteroatoms. The lowest BCUT2D eigenvalue weighted by atomic mass is 9.85. The number of thiophene rings is 2. The first-order valence-electron chi connectivity index (χ1n) is 10.1. The van der Waals surface area contributed by atoms with Gasteiger partial charge in [0.25, 0.3) is 0 Å². The Morgan fingerprint density at radius 3 is 1.66 bits per heavy atom. The lowest BCUT2D eigenvalue weighted by Gasteiger charge is -2.32. The molecule has 29 heavy (non-hydrogen) atoms. The molecule has 0 unspecified atom stereocenters. The standard InChI is InChI=1S/C21H30B2O4S2/c1-13-12-15(29-17(13)23-26-20(6,7)21(8,9)27-23)14-10-11-16(28-14)22-24-18(2,3)19(4,5)25-22/h10-12H,1-9H3. The first kappa shape index (κ1) is 21.6. The first-order valence-corrected chi connectivity index (χ1v) is 11.8. The van der Waals surface area contributed by atoms with Crippen molar-refractivity contribution in [1.29, 1.82) is 0 Å². The fourth-order valence-corrected chi connectivity index (χ4v) is 5.55. The van der Waals surface area contributed by atoms with Crippen LogP contribution in [0.4, 0.5) is 0 Å². The van der Waals surface area contributed by atoms with Crippen LogP contribution in [0, 0.1) is 6.92 Å². The van der Waals surface area contributed by atoms with Gasteiger partial charge in [-0.25, -0.2) is 0 Å². The van der Waals surface area contributed by atoms with Gasteiger partial charge >= 0.3 is 14.2 Å². The number of hydrogen-bond acceptors (Lipinski definition) is 6. The molecule has 0 radical (unpaired) electrons. The lowest BCUT2D eigenvalue weighted by Crippen LogP contribution is -2.41. The van der Waals surface area contributed by atoms with Gasteiger partial charge in [-0.3, -0.25) is 0 Å². The number of rotatable bonds is 3. The van der Waals surface area contributed by atoms with Crippen LogP contribution in [-0.2, 0) is 18.6 Å². The van der Waals surface area contributed by atoms with E-state index in [2.05, 4.69) is 80.5 Å². The van der Waals surface area contributed by atoms with Crippen LogP contribution >= 0.6 is 22.7 Å². The Morgan fingerprint density at radius 1 is 0.655 bits per heavy atom. The van der Waals surface area contributed by atoms with Gasteiger partial charge in [0.2, 0.25) is 0 Å². The van der Waals surface area contributed by atoms with Crippen molar-refractivity contribution in [2.75, 3.05) is 0 Å². The average molecular weight is 432 g/mol. The predicted molar refractivity (Wildman–Crippen MR) is 124 cm³/mol. The molecule has 0 aromatic carbocycles. The van der Waals surface area contributed by atoms with Gasteiger partial charge in [0, 0.05) is 19.3 Å². The molecule has 4 heterocycles. The van der Waals surface area contributed by atoms with Crippen molar-refractivity contribution in [2.45, 2.75) is 84.7 Å². The molecule has 0 N–H and O–H groups in total. The molecule has 4 nitrogen and oxygen atoms in total. The lowest BCUT2D eigenvalue weighted by molar-refractivity contribution is 0.00578. The SMILES string of the molecule is Cc1cc(-c2ccc(B3OC(C)(C)C(C)(C)O3)s2)sc1B1OC(C)(C)C(C)(C)O1. The third-order valence-electron chi connectivity index (χ3n) is 6.78. The summed E-state index contributed by atoms with van der Waals surface area (Å²) in [7, 11) is -0.636. The summed E-state index contributed by atoms with van der Waals surface area (Å²) in [6.45, 7) is 18.8. The summed E-state index contributed by atoms with van der Waals surface area (Å²) in [5.74, 6) is 0. The molecule has 0 bridgehead atoms. The zero-order valence-electron chi connectivity index (χ0n) is 18.8. The minimum absolute atomic E-state index is 0.317. The van der Waals surface area contributed by atoms with Crippen LogP contribution in [-0.4, -0.2) is 36.6 Å². The Bertz CT molecular complexity index is 897. The van der Waals surface area contributed by atoms with E-state index in [1.807, 2.05) is 0 Å². The highest BCUT2D eigenvalue weighted by molar-refractivity contribution is 7.31. The molecule has 2 saturated heterocycles. The van der Waals surface area contributed by atoms with E-state index in [-0.39, 0.29) is 36.6 Å². The maximum atomic E-state index is 6.26. The van der Waals surface area contributed by atoms with Crippen molar-refractivity contribution in [3.05, 3.63) is 23.8 Å². The molecule has 0 amide bonds. The van der Waals surface area contributed by atoms with Crippen molar-refractivity contribution in [3.8, 4) is 9.75 Å². The van der Waals surface area contributed by atoms with Crippen LogP contribution in [0.15, 0.2) is 18.2 Å². The molecule has 2 aliphatic rings. The Hall–Kier alpha value is -0.630. The smallest absolute Gasteiger partial charge is 0.399 e. The van der Waals surface area contributed by atoms with Crippen molar-refractivity contribution >= 4 is 46.5 Å². The molecule has 2 fully saturated rings. The Balaban J connectivity index is 1.57. The van der Waals surface area contributed by atoms with Crippen LogP contribution in [0.1, 0.15) is 61.0 Å². The van der Waals surface area contributed by atoms with Crippen LogP contribution in [0.3, 0.4) is 0 Å². The summed E-state index contributed by atoms with van der Waals surface area (Å²) >= 11 is 3.47. The van der Waals surface area contributed by atoms with Gasteiger partial charge in [0.15, 0.2) is 0 Å². The van der Waals surface area contributed by atoms with E-state index in [1.165, 1.54) is 15.3 Å². The first-order chi connectivity index (χ1) is 13.2. The summed E-state index contributed by atoms with van der Waals surface area (Å²) < 4.78 is 27.2. The molecular formula is C21H30B2O4S2. The van der Waals surface area contributed by atoms with Crippen LogP contribution < -0.4 is 9.55 Å². The summed E-state index contributed by atoms with van der Waals surface area (Å²) in [4.78, 5) is 2.44. The second kappa shape index (κ2) is 6.68. The fraction of sp³-hybridized carbons (Fsp3) is 0.619. The van der Waals surface area contributed by atoms with Gasteiger partial charge in [-0.2, -0.15) is 0 Å². The zero-order valence-corrected chi connectivity index (χ0v) is 20.5. The molecule has 2 aromatic rings. The highest BCUT2D eigenvalue weighted by Gasteiger charge is 2.53. The summed E-state index contributed by atoms with van der Waals surface area (Å²) in [5, 5.41) is 0. The van der Waals surface area contributed by atoms with E-state index in [0.29, 0.717) is 0 Å². The molecule has 0 saturated carbocycles. The maximum Gasteiger partial charge on any atom is 0.505 e. The van der Waals surface area contributed by atoms with Crippen molar-refractivity contribution in [3.63, 3.8) is 0 Å². The van der Waals surface area contributed by atoms with Gasteiger partial charge in [0.1, 0.15) is 0 Å². The van der Waals surface area contributed by atoms with E-state index in [4.69, 9.17) is 18.6 Å². The average Bonchev–Trinajstić information content (AvgIpc) is 3.26. The highest BCUT2D eigenvalue weighted by atomic mass is 32.1. The minimum atomic E-state index is -0.332. The second-order valence-electron chi connectivity index (χ2n) is 10.0. The van der Waals surface area contributed by atoms with Crippen LogP contribution in [0.2, 0.25) is 0 Å². The van der Waals surface area contributed by atoms with Crippen molar-refractivity contribution in [2.24, 2.45) is 0 Å². The fourth-order valence-electron chi connectivity index (χ4n) is 3.37. The molecule has 2 aliphatic heterocycles. The van der Waals surface area contributed by atoms with E-state index in [9.17, 15) is 0 Å². The predicted octanol–water partition coefficient (Wildman–Crippen LogP) is 4.38. The maximum absolute atomic E-state index is 6.26. The largest absolute Gasteiger partial charge is 0.505 e. The van der Waals surface area contributed by atoms with E-state index in [0.717, 1.165) is 9.55 Å². The molecule has 0 atom stereocenters. The third-order valence-corrected chi connectivity index (χ3v) is 9.34. The third kappa shape index (κ3) is 3.56.